The lowest BCUT2D eigenvalue weighted by Gasteiger charge is -2.01. The van der Waals surface area contributed by atoms with Crippen molar-refractivity contribution in [2.75, 3.05) is 6.61 Å². The van der Waals surface area contributed by atoms with E-state index >= 15 is 0 Å². The van der Waals surface area contributed by atoms with Crippen molar-refractivity contribution in [3.05, 3.63) is 52.2 Å². The maximum atomic E-state index is 11.2. The first-order valence-corrected chi connectivity index (χ1v) is 6.76. The van der Waals surface area contributed by atoms with E-state index in [2.05, 4.69) is 0 Å². The minimum Gasteiger partial charge on any atom is -0.463 e. The van der Waals surface area contributed by atoms with Gasteiger partial charge in [0.2, 0.25) is 0 Å². The molecule has 0 saturated heterocycles. The Morgan fingerprint density at radius 3 is 2.85 bits per heavy atom. The summed E-state index contributed by atoms with van der Waals surface area (Å²) in [5.74, 6) is 0.705. The molecule has 0 saturated carbocycles. The van der Waals surface area contributed by atoms with Crippen molar-refractivity contribution in [2.24, 2.45) is 0 Å². The van der Waals surface area contributed by atoms with Crippen LogP contribution in [0, 0.1) is 0 Å². The number of hydrogen-bond donors (Lipinski definition) is 0. The summed E-state index contributed by atoms with van der Waals surface area (Å²) in [6.45, 7) is 2.09. The summed E-state index contributed by atoms with van der Waals surface area (Å²) in [4.78, 5) is 11.2. The summed E-state index contributed by atoms with van der Waals surface area (Å²) >= 11 is 12.0. The maximum absolute atomic E-state index is 11.2. The van der Waals surface area contributed by atoms with E-state index in [0.29, 0.717) is 33.7 Å². The predicted octanol–water partition coefficient (Wildman–Crippen LogP) is 4.83. The molecule has 0 fully saturated rings. The number of furan rings is 1. The Labute approximate surface area is 126 Å². The Hall–Kier alpha value is -1.71. The first-order valence-electron chi connectivity index (χ1n) is 6.00. The fraction of sp³-hybridized carbons (Fsp3) is 0.133. The normalized spacial score (nSPS) is 10.9. The fourth-order valence-corrected chi connectivity index (χ4v) is 2.00. The molecule has 0 aliphatic heterocycles. The van der Waals surface area contributed by atoms with Crippen molar-refractivity contribution in [2.45, 2.75) is 6.92 Å². The fourth-order valence-electron chi connectivity index (χ4n) is 1.61. The highest BCUT2D eigenvalue weighted by molar-refractivity contribution is 6.35. The second kappa shape index (κ2) is 6.64. The molecule has 5 heteroatoms. The van der Waals surface area contributed by atoms with Crippen molar-refractivity contribution in [3.63, 3.8) is 0 Å². The van der Waals surface area contributed by atoms with Crippen LogP contribution >= 0.6 is 23.2 Å². The van der Waals surface area contributed by atoms with Gasteiger partial charge in [0.15, 0.2) is 0 Å². The SMILES string of the molecule is CCOC(=O)/C=C/c1ccc(-c2cc(Cl)ccc2Cl)o1. The van der Waals surface area contributed by atoms with Crippen molar-refractivity contribution in [3.8, 4) is 11.3 Å². The number of esters is 1. The van der Waals surface area contributed by atoms with Crippen LogP contribution in [-0.4, -0.2) is 12.6 Å². The minimum absolute atomic E-state index is 0.338. The summed E-state index contributed by atoms with van der Waals surface area (Å²) in [7, 11) is 0. The summed E-state index contributed by atoms with van der Waals surface area (Å²) in [5.41, 5.74) is 0.704. The van der Waals surface area contributed by atoms with E-state index < -0.39 is 5.97 Å². The van der Waals surface area contributed by atoms with Crippen molar-refractivity contribution in [1.82, 2.24) is 0 Å². The Bertz CT molecular complexity index is 644. The number of carbonyl (C=O) groups excluding carboxylic acids is 1. The van der Waals surface area contributed by atoms with Crippen LogP contribution in [0.25, 0.3) is 17.4 Å². The van der Waals surface area contributed by atoms with Gasteiger partial charge in [0.05, 0.1) is 11.6 Å². The molecule has 20 heavy (non-hydrogen) atoms. The lowest BCUT2D eigenvalue weighted by atomic mass is 10.2. The highest BCUT2D eigenvalue weighted by Crippen LogP contribution is 2.31. The van der Waals surface area contributed by atoms with Gasteiger partial charge in [-0.05, 0) is 43.3 Å². The van der Waals surface area contributed by atoms with Crippen molar-refractivity contribution in [1.29, 1.82) is 0 Å². The van der Waals surface area contributed by atoms with Gasteiger partial charge in [-0.1, -0.05) is 23.2 Å². The van der Waals surface area contributed by atoms with Gasteiger partial charge in [0, 0.05) is 16.7 Å². The van der Waals surface area contributed by atoms with Gasteiger partial charge in [0.25, 0.3) is 0 Å². The Balaban J connectivity index is 2.21. The number of ether oxygens (including phenoxy) is 1. The van der Waals surface area contributed by atoms with E-state index in [1.165, 1.54) is 6.08 Å². The first kappa shape index (κ1) is 14.7. The van der Waals surface area contributed by atoms with Gasteiger partial charge < -0.3 is 9.15 Å². The first-order chi connectivity index (χ1) is 9.60. The summed E-state index contributed by atoms with van der Waals surface area (Å²) < 4.78 is 10.4. The topological polar surface area (TPSA) is 39.4 Å². The van der Waals surface area contributed by atoms with Crippen molar-refractivity contribution >= 4 is 35.2 Å². The maximum Gasteiger partial charge on any atom is 0.330 e. The second-order valence-electron chi connectivity index (χ2n) is 3.91. The number of benzene rings is 1. The number of carbonyl (C=O) groups is 1. The molecular formula is C15H12Cl2O3. The van der Waals surface area contributed by atoms with Gasteiger partial charge >= 0.3 is 5.97 Å². The smallest absolute Gasteiger partial charge is 0.330 e. The van der Waals surface area contributed by atoms with Gasteiger partial charge in [-0.3, -0.25) is 0 Å². The molecule has 0 spiro atoms. The molecule has 0 atom stereocenters. The lowest BCUT2D eigenvalue weighted by molar-refractivity contribution is -0.137. The van der Waals surface area contributed by atoms with Crippen LogP contribution in [0.3, 0.4) is 0 Å². The van der Waals surface area contributed by atoms with Crippen LogP contribution in [0.2, 0.25) is 10.0 Å². The van der Waals surface area contributed by atoms with Gasteiger partial charge in [-0.25, -0.2) is 4.79 Å². The molecule has 2 rings (SSSR count). The van der Waals surface area contributed by atoms with E-state index in [-0.39, 0.29) is 0 Å². The summed E-state index contributed by atoms with van der Waals surface area (Å²) in [5, 5.41) is 1.12. The third-order valence-electron chi connectivity index (χ3n) is 2.49. The zero-order chi connectivity index (χ0) is 14.5. The van der Waals surface area contributed by atoms with Crippen LogP contribution in [-0.2, 0) is 9.53 Å². The molecule has 1 heterocycles. The van der Waals surface area contributed by atoms with E-state index in [9.17, 15) is 4.79 Å². The van der Waals surface area contributed by atoms with Crippen LogP contribution in [0.5, 0.6) is 0 Å². The summed E-state index contributed by atoms with van der Waals surface area (Å²) in [6, 6.07) is 8.64. The van der Waals surface area contributed by atoms with E-state index in [0.717, 1.165) is 0 Å². The van der Waals surface area contributed by atoms with Gasteiger partial charge in [-0.2, -0.15) is 0 Å². The molecule has 0 aliphatic rings. The number of hydrogen-bond acceptors (Lipinski definition) is 3. The van der Waals surface area contributed by atoms with Crippen molar-refractivity contribution < 1.29 is 13.9 Å². The lowest BCUT2D eigenvalue weighted by Crippen LogP contribution is -1.98. The number of rotatable bonds is 4. The largest absolute Gasteiger partial charge is 0.463 e. The van der Waals surface area contributed by atoms with Crippen LogP contribution in [0.4, 0.5) is 0 Å². The molecule has 104 valence electrons. The van der Waals surface area contributed by atoms with E-state index in [4.69, 9.17) is 32.4 Å². The van der Waals surface area contributed by atoms with Gasteiger partial charge in [0.1, 0.15) is 11.5 Å². The molecule has 0 bridgehead atoms. The average molecular weight is 311 g/mol. The molecule has 0 N–H and O–H groups in total. The Morgan fingerprint density at radius 2 is 2.10 bits per heavy atom. The van der Waals surface area contributed by atoms with Crippen LogP contribution in [0.1, 0.15) is 12.7 Å². The van der Waals surface area contributed by atoms with E-state index in [1.54, 1.807) is 43.3 Å². The quantitative estimate of drug-likeness (QED) is 0.600. The zero-order valence-corrected chi connectivity index (χ0v) is 12.2. The molecule has 0 unspecified atom stereocenters. The summed E-state index contributed by atoms with van der Waals surface area (Å²) in [6.07, 6.45) is 2.85. The van der Waals surface area contributed by atoms with E-state index in [1.807, 2.05) is 0 Å². The highest BCUT2D eigenvalue weighted by Gasteiger charge is 2.08. The molecule has 0 amide bonds. The Morgan fingerprint density at radius 1 is 1.30 bits per heavy atom. The molecule has 0 aliphatic carbocycles. The molecule has 3 nitrogen and oxygen atoms in total. The monoisotopic (exact) mass is 310 g/mol. The van der Waals surface area contributed by atoms with Gasteiger partial charge in [-0.15, -0.1) is 0 Å². The molecule has 0 radical (unpaired) electrons. The minimum atomic E-state index is -0.411. The Kier molecular flexibility index (Phi) is 4.88. The third kappa shape index (κ3) is 3.65. The highest BCUT2D eigenvalue weighted by atomic mass is 35.5. The standard InChI is InChI=1S/C15H12Cl2O3/c1-2-19-15(18)8-5-11-4-7-14(20-11)12-9-10(16)3-6-13(12)17/h3-9H,2H2,1H3/b8-5+. The molecule has 2 aromatic rings. The third-order valence-corrected chi connectivity index (χ3v) is 3.06. The molecule has 1 aromatic heterocycles. The number of halogens is 2. The zero-order valence-electron chi connectivity index (χ0n) is 10.7. The second-order valence-corrected chi connectivity index (χ2v) is 4.76. The molecular weight excluding hydrogens is 299 g/mol. The predicted molar refractivity (Wildman–Crippen MR) is 79.8 cm³/mol. The van der Waals surface area contributed by atoms with Crippen LogP contribution < -0.4 is 0 Å². The average Bonchev–Trinajstić information content (AvgIpc) is 2.88. The van der Waals surface area contributed by atoms with Crippen LogP contribution in [0.15, 0.2) is 40.8 Å². The molecule has 1 aromatic carbocycles.